The highest BCUT2D eigenvalue weighted by Crippen LogP contribution is 2.20. The summed E-state index contributed by atoms with van der Waals surface area (Å²) in [5.74, 6) is -4.52. The van der Waals surface area contributed by atoms with Crippen molar-refractivity contribution >= 4 is 55.1 Å². The highest BCUT2D eigenvalue weighted by Gasteiger charge is 2.26. The van der Waals surface area contributed by atoms with Crippen LogP contribution in [0, 0.1) is 0 Å². The van der Waals surface area contributed by atoms with Gasteiger partial charge in [0.05, 0.1) is 42.7 Å². The third-order valence-electron chi connectivity index (χ3n) is 4.98. The summed E-state index contributed by atoms with van der Waals surface area (Å²) in [6.45, 7) is 2.81. The number of morpholine rings is 1. The number of sulfone groups is 1. The lowest BCUT2D eigenvalue weighted by Gasteiger charge is -2.26. The summed E-state index contributed by atoms with van der Waals surface area (Å²) in [5, 5.41) is 0. The molecule has 1 aromatic carbocycles. The van der Waals surface area contributed by atoms with Crippen molar-refractivity contribution in [1.29, 1.82) is 0 Å². The Kier molecular flexibility index (Phi) is 8.75. The summed E-state index contributed by atoms with van der Waals surface area (Å²) in [7, 11) is -2.87. The number of hydrogen-bond donors (Lipinski definition) is 0. The van der Waals surface area contributed by atoms with E-state index in [-0.39, 0.29) is 36.6 Å². The van der Waals surface area contributed by atoms with E-state index in [0.717, 1.165) is 11.3 Å². The Labute approximate surface area is 205 Å². The fraction of sp³-hybridized carbons (Fsp3) is 0.476. The summed E-state index contributed by atoms with van der Waals surface area (Å²) >= 11 is 0.993. The molecule has 0 atom stereocenters. The second-order valence-corrected chi connectivity index (χ2v) is 10.6. The zero-order valence-corrected chi connectivity index (χ0v) is 20.9. The number of nitrogens with zero attached hydrogens (tertiary/aromatic N) is 3. The number of esters is 2. The molecule has 3 rings (SSSR count). The van der Waals surface area contributed by atoms with Gasteiger partial charge >= 0.3 is 11.9 Å². The molecule has 0 unspecified atom stereocenters. The molecule has 0 aliphatic carbocycles. The third-order valence-corrected chi connectivity index (χ3v) is 7.39. The minimum atomic E-state index is -4.08. The molecule has 0 bridgehead atoms. The lowest BCUT2D eigenvalue weighted by atomic mass is 10.2. The Balaban J connectivity index is 1.88. The number of rotatable bonds is 8. The number of hydrogen-bond acceptors (Lipinski definition) is 10. The molecule has 1 aliphatic heterocycles. The van der Waals surface area contributed by atoms with E-state index in [4.69, 9.17) is 14.2 Å². The quantitative estimate of drug-likeness (QED) is 0.423. The van der Waals surface area contributed by atoms with Gasteiger partial charge in [-0.1, -0.05) is 11.3 Å². The molecular weight excluding hydrogens is 502 g/mol. The largest absolute Gasteiger partial charge is 0.468 e. The molecule has 2 heterocycles. The fourth-order valence-corrected chi connectivity index (χ4v) is 5.50. The second kappa shape index (κ2) is 11.6. The molecule has 14 heteroatoms. The van der Waals surface area contributed by atoms with E-state index in [1.807, 2.05) is 0 Å². The van der Waals surface area contributed by atoms with Crippen molar-refractivity contribution in [3.8, 4) is 0 Å². The summed E-state index contributed by atoms with van der Waals surface area (Å²) in [4.78, 5) is 54.1. The van der Waals surface area contributed by atoms with E-state index in [1.54, 1.807) is 13.0 Å². The van der Waals surface area contributed by atoms with Crippen molar-refractivity contribution in [1.82, 2.24) is 9.47 Å². The highest BCUT2D eigenvalue weighted by atomic mass is 32.2. The molecule has 2 amide bonds. The monoisotopic (exact) mass is 527 g/mol. The van der Waals surface area contributed by atoms with E-state index in [1.165, 1.54) is 28.7 Å². The van der Waals surface area contributed by atoms with E-state index >= 15 is 0 Å². The minimum absolute atomic E-state index is 0.0473. The van der Waals surface area contributed by atoms with Crippen LogP contribution in [-0.2, 0) is 45.0 Å². The van der Waals surface area contributed by atoms with Gasteiger partial charge in [-0.3, -0.25) is 14.4 Å². The molecule has 0 radical (unpaired) electrons. The molecule has 0 saturated carbocycles. The molecule has 0 N–H and O–H groups in total. The van der Waals surface area contributed by atoms with Gasteiger partial charge in [-0.2, -0.15) is 4.99 Å². The van der Waals surface area contributed by atoms with Gasteiger partial charge in [0.15, 0.2) is 14.6 Å². The van der Waals surface area contributed by atoms with Crippen molar-refractivity contribution in [2.24, 2.45) is 4.99 Å². The Morgan fingerprint density at radius 1 is 1.14 bits per heavy atom. The molecule has 2 aromatic rings. The minimum Gasteiger partial charge on any atom is -0.468 e. The number of amides is 2. The number of carbonyl (C=O) groups is 4. The van der Waals surface area contributed by atoms with Crippen LogP contribution >= 0.6 is 11.3 Å². The number of fused-ring (bicyclic) bond motifs is 1. The number of benzene rings is 1. The second-order valence-electron chi connectivity index (χ2n) is 7.48. The number of carbonyl (C=O) groups excluding carboxylic acids is 4. The Morgan fingerprint density at radius 2 is 1.86 bits per heavy atom. The van der Waals surface area contributed by atoms with Crippen LogP contribution in [0.2, 0.25) is 0 Å². The van der Waals surface area contributed by atoms with Crippen LogP contribution in [0.1, 0.15) is 17.3 Å². The summed E-state index contributed by atoms with van der Waals surface area (Å²) in [6, 6.07) is 4.61. The standard InChI is InChI=1S/C21H25N3O9S2/c1-3-33-20(28)14-4-5-15-16(10-14)34-21(24(15)11-19(27)31-2)22-17(25)12-35(29,30)13-18(26)23-6-8-32-9-7-23/h4-5,10H,3,6-9,11-13H2,1-2H3. The van der Waals surface area contributed by atoms with Gasteiger partial charge in [0.25, 0.3) is 5.91 Å². The molecule has 0 spiro atoms. The lowest BCUT2D eigenvalue weighted by molar-refractivity contribution is -0.141. The van der Waals surface area contributed by atoms with E-state index < -0.39 is 45.1 Å². The van der Waals surface area contributed by atoms with Gasteiger partial charge in [-0.15, -0.1) is 0 Å². The highest BCUT2D eigenvalue weighted by molar-refractivity contribution is 7.92. The maximum absolute atomic E-state index is 12.5. The normalized spacial score (nSPS) is 14.7. The van der Waals surface area contributed by atoms with Crippen LogP contribution in [-0.4, -0.2) is 93.2 Å². The lowest BCUT2D eigenvalue weighted by Crippen LogP contribution is -2.43. The van der Waals surface area contributed by atoms with Crippen molar-refractivity contribution in [2.45, 2.75) is 13.5 Å². The van der Waals surface area contributed by atoms with Crippen molar-refractivity contribution in [3.63, 3.8) is 0 Å². The zero-order valence-electron chi connectivity index (χ0n) is 19.2. The van der Waals surface area contributed by atoms with Crippen LogP contribution in [0.3, 0.4) is 0 Å². The number of thiazole rings is 1. The van der Waals surface area contributed by atoms with Crippen LogP contribution in [0.15, 0.2) is 23.2 Å². The first-order valence-corrected chi connectivity index (χ1v) is 13.3. The molecule has 1 aliphatic rings. The Hall–Kier alpha value is -3.10. The number of methoxy groups -OCH3 is 1. The first-order valence-electron chi connectivity index (χ1n) is 10.6. The summed E-state index contributed by atoms with van der Waals surface area (Å²) in [5.41, 5.74) is 0.762. The van der Waals surface area contributed by atoms with Crippen molar-refractivity contribution < 1.29 is 41.8 Å². The smallest absolute Gasteiger partial charge is 0.338 e. The van der Waals surface area contributed by atoms with Crippen molar-refractivity contribution in [3.05, 3.63) is 28.6 Å². The van der Waals surface area contributed by atoms with Crippen molar-refractivity contribution in [2.75, 3.05) is 51.5 Å². The fourth-order valence-electron chi connectivity index (χ4n) is 3.32. The maximum Gasteiger partial charge on any atom is 0.338 e. The predicted molar refractivity (Wildman–Crippen MR) is 124 cm³/mol. The Morgan fingerprint density at radius 3 is 2.51 bits per heavy atom. The van der Waals surface area contributed by atoms with Crippen LogP contribution in [0.25, 0.3) is 10.2 Å². The molecule has 1 saturated heterocycles. The zero-order chi connectivity index (χ0) is 25.6. The van der Waals surface area contributed by atoms with Gasteiger partial charge in [0.1, 0.15) is 18.1 Å². The number of aromatic nitrogens is 1. The molecule has 35 heavy (non-hydrogen) atoms. The van der Waals surface area contributed by atoms with Gasteiger partial charge in [-0.25, -0.2) is 13.2 Å². The van der Waals surface area contributed by atoms with Gasteiger partial charge in [0, 0.05) is 13.1 Å². The number of ether oxygens (including phenoxy) is 3. The summed E-state index contributed by atoms with van der Waals surface area (Å²) < 4.78 is 41.7. The van der Waals surface area contributed by atoms with Gasteiger partial charge < -0.3 is 23.7 Å². The molecule has 1 fully saturated rings. The predicted octanol–water partition coefficient (Wildman–Crippen LogP) is -0.247. The third kappa shape index (κ3) is 6.96. The Bertz CT molecular complexity index is 1310. The maximum atomic E-state index is 12.5. The van der Waals surface area contributed by atoms with E-state index in [2.05, 4.69) is 4.99 Å². The van der Waals surface area contributed by atoms with Crippen LogP contribution < -0.4 is 4.80 Å². The molecule has 12 nitrogen and oxygen atoms in total. The average molecular weight is 528 g/mol. The summed E-state index contributed by atoms with van der Waals surface area (Å²) in [6.07, 6.45) is 0. The topological polar surface area (TPSA) is 151 Å². The molecule has 1 aromatic heterocycles. The first kappa shape index (κ1) is 26.5. The first-order chi connectivity index (χ1) is 16.6. The molecular formula is C21H25N3O9S2. The van der Waals surface area contributed by atoms with Crippen LogP contribution in [0.4, 0.5) is 0 Å². The average Bonchev–Trinajstić information content (AvgIpc) is 3.14. The molecule has 190 valence electrons. The van der Waals surface area contributed by atoms with Gasteiger partial charge in [-0.05, 0) is 25.1 Å². The SMILES string of the molecule is CCOC(=O)c1ccc2c(c1)sc(=NC(=O)CS(=O)(=O)CC(=O)N1CCOCC1)n2CC(=O)OC. The van der Waals surface area contributed by atoms with E-state index in [9.17, 15) is 27.6 Å². The van der Waals surface area contributed by atoms with Gasteiger partial charge in [0.2, 0.25) is 5.91 Å². The van der Waals surface area contributed by atoms with Crippen LogP contribution in [0.5, 0.6) is 0 Å². The van der Waals surface area contributed by atoms with E-state index in [0.29, 0.717) is 23.4 Å².